The summed E-state index contributed by atoms with van der Waals surface area (Å²) in [7, 11) is 11.9. The predicted octanol–water partition coefficient (Wildman–Crippen LogP) is 4.61. The largest absolute Gasteiger partial charge is 0.491 e. The van der Waals surface area contributed by atoms with Crippen LogP contribution in [0.4, 0.5) is 17.5 Å². The molecule has 5 aromatic rings. The van der Waals surface area contributed by atoms with Gasteiger partial charge in [0, 0.05) is 128 Å². The zero-order chi connectivity index (χ0) is 49.1. The van der Waals surface area contributed by atoms with Crippen LogP contribution in [0.1, 0.15) is 39.5 Å². The van der Waals surface area contributed by atoms with Crippen molar-refractivity contribution < 1.29 is 29.2 Å². The number of likely N-dealkylation sites (N-methyl/N-ethyl adjacent to an activating group) is 3. The number of piperazine rings is 1. The number of nitrogens with zero attached hydrogens (tertiary/aromatic N) is 10. The van der Waals surface area contributed by atoms with Gasteiger partial charge in [0.2, 0.25) is 0 Å². The molecule has 3 saturated heterocycles. The van der Waals surface area contributed by atoms with E-state index >= 15 is 0 Å². The molecule has 0 bridgehead atoms. The minimum atomic E-state index is -0.581. The molecule has 0 amide bonds. The first-order valence-corrected chi connectivity index (χ1v) is 24.5. The molecule has 18 nitrogen and oxygen atoms in total. The Morgan fingerprint density at radius 2 is 1.16 bits per heavy atom. The highest BCUT2D eigenvalue weighted by Gasteiger charge is 2.25. The Morgan fingerprint density at radius 1 is 0.667 bits per heavy atom. The van der Waals surface area contributed by atoms with E-state index in [1.165, 1.54) is 0 Å². The molecule has 4 N–H and O–H groups in total. The SMILES string of the molecule is CC.CNCC(O)COc1cccc(-c2nc(-c3cn(C)cn3)cc(N(C)C3CCOCC3)n2)c1.CNCC(O)COc1cccc(-c2nc(N3CCN(C)CC3)cc(N(C)C3CCOCC3)n2)c1. The summed E-state index contributed by atoms with van der Waals surface area (Å²) in [5.74, 6) is 5.39. The lowest BCUT2D eigenvalue weighted by molar-refractivity contribution is 0.0852. The normalized spacial score (nSPS) is 16.6. The van der Waals surface area contributed by atoms with Crippen molar-refractivity contribution in [1.29, 1.82) is 0 Å². The lowest BCUT2D eigenvalue weighted by Crippen LogP contribution is -2.45. The van der Waals surface area contributed by atoms with Crippen LogP contribution >= 0.6 is 0 Å². The van der Waals surface area contributed by atoms with Gasteiger partial charge in [0.05, 0.1) is 12.0 Å². The minimum absolute atomic E-state index is 0.205. The average Bonchev–Trinajstić information content (AvgIpc) is 3.84. The van der Waals surface area contributed by atoms with E-state index in [1.54, 1.807) is 13.4 Å². The second-order valence-electron chi connectivity index (χ2n) is 17.6. The van der Waals surface area contributed by atoms with Crippen LogP contribution in [0, 0.1) is 0 Å². The minimum Gasteiger partial charge on any atom is -0.491 e. The number of ether oxygens (including phenoxy) is 4. The van der Waals surface area contributed by atoms with Crippen molar-refractivity contribution in [3.63, 3.8) is 0 Å². The molecule has 3 aromatic heterocycles. The van der Waals surface area contributed by atoms with Crippen LogP contribution in [0.5, 0.6) is 11.5 Å². The van der Waals surface area contributed by atoms with Crippen molar-refractivity contribution in [2.75, 3.05) is 129 Å². The summed E-state index contributed by atoms with van der Waals surface area (Å²) in [6.45, 7) is 12.4. The molecule has 2 unspecified atom stereocenters. The van der Waals surface area contributed by atoms with E-state index < -0.39 is 12.2 Å². The van der Waals surface area contributed by atoms with E-state index in [-0.39, 0.29) is 13.2 Å². The molecule has 2 atom stereocenters. The topological polar surface area (TPSA) is 184 Å². The molecule has 6 heterocycles. The maximum absolute atomic E-state index is 9.98. The lowest BCUT2D eigenvalue weighted by atomic mass is 10.1. The number of hydrogen-bond donors (Lipinski definition) is 4. The predicted molar refractivity (Wildman–Crippen MR) is 274 cm³/mol. The molecule has 0 spiro atoms. The van der Waals surface area contributed by atoms with Gasteiger partial charge in [-0.3, -0.25) is 0 Å². The number of benzene rings is 2. The van der Waals surface area contributed by atoms with Gasteiger partial charge >= 0.3 is 0 Å². The van der Waals surface area contributed by atoms with Gasteiger partial charge in [-0.1, -0.05) is 38.1 Å². The van der Waals surface area contributed by atoms with Crippen LogP contribution in [0.15, 0.2) is 73.2 Å². The number of aliphatic hydroxyl groups excluding tert-OH is 2. The third-order valence-electron chi connectivity index (χ3n) is 12.4. The van der Waals surface area contributed by atoms with Gasteiger partial charge in [-0.25, -0.2) is 24.9 Å². The second-order valence-corrected chi connectivity index (χ2v) is 17.6. The molecular formula is C51H76N12O6. The lowest BCUT2D eigenvalue weighted by Gasteiger charge is -2.35. The van der Waals surface area contributed by atoms with E-state index in [2.05, 4.69) is 62.4 Å². The Labute approximate surface area is 409 Å². The molecule has 0 saturated carbocycles. The maximum Gasteiger partial charge on any atom is 0.163 e. The molecule has 3 fully saturated rings. The number of aryl methyl sites for hydroxylation is 1. The standard InChI is InChI=1S/C25H38N6O3.C24H32N6O3.C2H6/c1-26-17-21(32)18-34-22-6-4-5-19(15-22)25-27-23(30(3)20-7-13-33-14-8-20)16-24(28-25)31-11-9-29(2)10-12-31;1-25-13-19(31)15-33-20-6-4-5-17(11-20)24-27-21(22-14-29(2)16-26-22)12-23(28-24)30(3)18-7-9-32-10-8-18;1-2/h4-6,15-16,20-21,26,32H,7-14,17-18H2,1-3H3;4-6,11-12,14,16,18-19,25,31H,7-10,13,15H2,1-3H3;1-2H3. The third-order valence-corrected chi connectivity index (χ3v) is 12.4. The quantitative estimate of drug-likeness (QED) is 0.0954. The molecule has 0 aliphatic carbocycles. The smallest absolute Gasteiger partial charge is 0.163 e. The van der Waals surface area contributed by atoms with E-state index in [0.717, 1.165) is 118 Å². The molecule has 3 aliphatic heterocycles. The van der Waals surface area contributed by atoms with Crippen molar-refractivity contribution in [1.82, 2.24) is 45.0 Å². The Hall–Kier alpha value is -5.47. The van der Waals surface area contributed by atoms with Crippen LogP contribution in [0.2, 0.25) is 0 Å². The summed E-state index contributed by atoms with van der Waals surface area (Å²) in [6.07, 6.45) is 6.50. The average molecular weight is 953 g/mol. The highest BCUT2D eigenvalue weighted by molar-refractivity contribution is 5.67. The van der Waals surface area contributed by atoms with Gasteiger partial charge in [0.25, 0.3) is 0 Å². The summed E-state index contributed by atoms with van der Waals surface area (Å²) < 4.78 is 24.6. The number of anilines is 3. The fourth-order valence-corrected chi connectivity index (χ4v) is 8.29. The van der Waals surface area contributed by atoms with Crippen LogP contribution in [-0.2, 0) is 16.5 Å². The van der Waals surface area contributed by atoms with Crippen LogP contribution in [-0.4, -0.2) is 183 Å². The zero-order valence-corrected chi connectivity index (χ0v) is 42.1. The molecule has 2 aromatic carbocycles. The van der Waals surface area contributed by atoms with Crippen molar-refractivity contribution in [2.24, 2.45) is 7.05 Å². The summed E-state index contributed by atoms with van der Waals surface area (Å²) >= 11 is 0. The fraction of sp³-hybridized carbons (Fsp3) is 0.549. The van der Waals surface area contributed by atoms with Crippen molar-refractivity contribution in [3.8, 4) is 45.7 Å². The van der Waals surface area contributed by atoms with Gasteiger partial charge in [0.15, 0.2) is 11.6 Å². The van der Waals surface area contributed by atoms with Crippen molar-refractivity contribution >= 4 is 17.5 Å². The zero-order valence-electron chi connectivity index (χ0n) is 42.1. The van der Waals surface area contributed by atoms with Crippen molar-refractivity contribution in [3.05, 3.63) is 73.2 Å². The molecule has 8 rings (SSSR count). The van der Waals surface area contributed by atoms with Gasteiger partial charge in [0.1, 0.15) is 60.1 Å². The molecular weight excluding hydrogens is 877 g/mol. The van der Waals surface area contributed by atoms with Crippen LogP contribution in [0.25, 0.3) is 34.2 Å². The monoisotopic (exact) mass is 953 g/mol. The fourth-order valence-electron chi connectivity index (χ4n) is 8.29. The third kappa shape index (κ3) is 15.5. The second kappa shape index (κ2) is 27.1. The summed E-state index contributed by atoms with van der Waals surface area (Å²) in [5, 5.41) is 25.8. The molecule has 3 aliphatic rings. The molecule has 69 heavy (non-hydrogen) atoms. The van der Waals surface area contributed by atoms with E-state index in [4.69, 9.17) is 38.9 Å². The maximum atomic E-state index is 9.98. The van der Waals surface area contributed by atoms with Gasteiger partial charge in [-0.15, -0.1) is 0 Å². The molecule has 18 heteroatoms. The number of rotatable bonds is 18. The highest BCUT2D eigenvalue weighted by Crippen LogP contribution is 2.31. The number of imidazole rings is 1. The highest BCUT2D eigenvalue weighted by atomic mass is 16.5. The first-order chi connectivity index (χ1) is 33.6. The van der Waals surface area contributed by atoms with Crippen LogP contribution in [0.3, 0.4) is 0 Å². The van der Waals surface area contributed by atoms with Gasteiger partial charge < -0.3 is 64.0 Å². The summed E-state index contributed by atoms with van der Waals surface area (Å²) in [6, 6.07) is 20.3. The first-order valence-electron chi connectivity index (χ1n) is 24.5. The van der Waals surface area contributed by atoms with E-state index in [9.17, 15) is 10.2 Å². The summed E-state index contributed by atoms with van der Waals surface area (Å²) in [4.78, 5) is 33.4. The number of aromatic nitrogens is 6. The number of hydrogen-bond acceptors (Lipinski definition) is 17. The number of nitrogens with one attached hydrogen (secondary N) is 2. The van der Waals surface area contributed by atoms with E-state index in [0.29, 0.717) is 48.3 Å². The Balaban J connectivity index is 0.000000219. The Bertz CT molecular complexity index is 2280. The van der Waals surface area contributed by atoms with Gasteiger partial charge in [-0.2, -0.15) is 0 Å². The molecule has 0 radical (unpaired) electrons. The van der Waals surface area contributed by atoms with E-state index in [1.807, 2.05) is 93.3 Å². The first kappa shape index (κ1) is 52.9. The van der Waals surface area contributed by atoms with Crippen LogP contribution < -0.4 is 34.8 Å². The molecule has 376 valence electrons. The van der Waals surface area contributed by atoms with Gasteiger partial charge in [-0.05, 0) is 71.1 Å². The van der Waals surface area contributed by atoms with Crippen molar-refractivity contribution in [2.45, 2.75) is 63.8 Å². The number of aliphatic hydroxyl groups is 2. The summed E-state index contributed by atoms with van der Waals surface area (Å²) in [5.41, 5.74) is 3.31. The Morgan fingerprint density at radius 3 is 1.64 bits per heavy atom. The Kier molecular flexibility index (Phi) is 20.7.